The maximum atomic E-state index is 12.2. The molecule has 1 N–H and O–H groups in total. The summed E-state index contributed by atoms with van der Waals surface area (Å²) >= 11 is 1.88. The van der Waals surface area contributed by atoms with Crippen molar-refractivity contribution in [3.8, 4) is 5.88 Å². The van der Waals surface area contributed by atoms with Gasteiger partial charge in [-0.3, -0.25) is 4.79 Å². The molecule has 1 aliphatic rings. The summed E-state index contributed by atoms with van der Waals surface area (Å²) in [6, 6.07) is 3.69. The first kappa shape index (κ1) is 14.2. The largest absolute Gasteiger partial charge is 0.473 e. The summed E-state index contributed by atoms with van der Waals surface area (Å²) in [5.41, 5.74) is 0.528. The minimum absolute atomic E-state index is 0.108. The molecule has 0 spiro atoms. The van der Waals surface area contributed by atoms with E-state index in [0.29, 0.717) is 11.4 Å². The Hall–Kier alpha value is -1.23. The van der Waals surface area contributed by atoms with E-state index in [4.69, 9.17) is 4.74 Å². The maximum Gasteiger partial charge on any atom is 0.256 e. The second-order valence-electron chi connectivity index (χ2n) is 4.74. The molecule has 4 nitrogen and oxygen atoms in total. The second kappa shape index (κ2) is 6.80. The van der Waals surface area contributed by atoms with Crippen LogP contribution in [0.15, 0.2) is 18.3 Å². The molecule has 1 saturated heterocycles. The standard InChI is InChI=1S/C14H20N2O2S/c1-3-10(2)16-13(17)12-5-4-7-15-14(12)18-11-6-8-19-9-11/h4-5,7,10-11H,3,6,8-9H2,1-2H3,(H,16,17). The van der Waals surface area contributed by atoms with E-state index in [1.165, 1.54) is 0 Å². The van der Waals surface area contributed by atoms with Gasteiger partial charge in [0.1, 0.15) is 11.7 Å². The number of rotatable bonds is 5. The fourth-order valence-corrected chi connectivity index (χ4v) is 2.92. The summed E-state index contributed by atoms with van der Waals surface area (Å²) in [5, 5.41) is 2.95. The Labute approximate surface area is 118 Å². The number of hydrogen-bond acceptors (Lipinski definition) is 4. The molecule has 1 fully saturated rings. The van der Waals surface area contributed by atoms with Crippen LogP contribution in [0.5, 0.6) is 5.88 Å². The number of nitrogens with zero attached hydrogens (tertiary/aromatic N) is 1. The van der Waals surface area contributed by atoms with Crippen molar-refractivity contribution in [3.63, 3.8) is 0 Å². The van der Waals surface area contributed by atoms with E-state index in [1.807, 2.05) is 25.6 Å². The van der Waals surface area contributed by atoms with Gasteiger partial charge in [0, 0.05) is 18.0 Å². The molecule has 2 rings (SSSR count). The van der Waals surface area contributed by atoms with Crippen LogP contribution in [-0.2, 0) is 0 Å². The average molecular weight is 280 g/mol. The van der Waals surface area contributed by atoms with Gasteiger partial charge in [0.05, 0.1) is 0 Å². The van der Waals surface area contributed by atoms with Gasteiger partial charge < -0.3 is 10.1 Å². The van der Waals surface area contributed by atoms with Crippen LogP contribution < -0.4 is 10.1 Å². The molecule has 0 bridgehead atoms. The van der Waals surface area contributed by atoms with Crippen LogP contribution in [0.1, 0.15) is 37.0 Å². The van der Waals surface area contributed by atoms with Crippen LogP contribution in [0.25, 0.3) is 0 Å². The Morgan fingerprint density at radius 3 is 3.21 bits per heavy atom. The number of thioether (sulfide) groups is 1. The predicted octanol–water partition coefficient (Wildman–Crippen LogP) is 2.49. The lowest BCUT2D eigenvalue weighted by Crippen LogP contribution is -2.32. The van der Waals surface area contributed by atoms with Gasteiger partial charge in [0.2, 0.25) is 5.88 Å². The van der Waals surface area contributed by atoms with E-state index >= 15 is 0 Å². The van der Waals surface area contributed by atoms with Gasteiger partial charge in [0.15, 0.2) is 0 Å². The molecule has 2 unspecified atom stereocenters. The smallest absolute Gasteiger partial charge is 0.256 e. The fraction of sp³-hybridized carbons (Fsp3) is 0.571. The van der Waals surface area contributed by atoms with E-state index in [1.54, 1.807) is 18.3 Å². The van der Waals surface area contributed by atoms with Gasteiger partial charge in [-0.25, -0.2) is 4.98 Å². The number of carbonyl (C=O) groups is 1. The van der Waals surface area contributed by atoms with Crippen LogP contribution in [0.2, 0.25) is 0 Å². The Bertz CT molecular complexity index is 433. The molecule has 0 aromatic carbocycles. The fourth-order valence-electron chi connectivity index (χ4n) is 1.82. The average Bonchev–Trinajstić information content (AvgIpc) is 2.92. The van der Waals surface area contributed by atoms with Crippen molar-refractivity contribution >= 4 is 17.7 Å². The van der Waals surface area contributed by atoms with Gasteiger partial charge in [-0.15, -0.1) is 0 Å². The first-order valence-electron chi connectivity index (χ1n) is 6.71. The van der Waals surface area contributed by atoms with Gasteiger partial charge >= 0.3 is 0 Å². The third kappa shape index (κ3) is 3.86. The molecular formula is C14H20N2O2S. The zero-order valence-electron chi connectivity index (χ0n) is 11.4. The van der Waals surface area contributed by atoms with E-state index in [2.05, 4.69) is 10.3 Å². The Morgan fingerprint density at radius 1 is 1.68 bits per heavy atom. The van der Waals surface area contributed by atoms with Crippen molar-refractivity contribution in [2.45, 2.75) is 38.8 Å². The lowest BCUT2D eigenvalue weighted by Gasteiger charge is -2.16. The molecule has 19 heavy (non-hydrogen) atoms. The van der Waals surface area contributed by atoms with Crippen molar-refractivity contribution in [1.29, 1.82) is 0 Å². The van der Waals surface area contributed by atoms with Gasteiger partial charge in [-0.2, -0.15) is 11.8 Å². The predicted molar refractivity (Wildman–Crippen MR) is 77.8 cm³/mol. The van der Waals surface area contributed by atoms with Crippen molar-refractivity contribution in [3.05, 3.63) is 23.9 Å². The molecule has 1 aliphatic heterocycles. The topological polar surface area (TPSA) is 51.2 Å². The van der Waals surface area contributed by atoms with E-state index < -0.39 is 0 Å². The number of amides is 1. The van der Waals surface area contributed by atoms with Crippen LogP contribution in [0.3, 0.4) is 0 Å². The third-order valence-electron chi connectivity index (χ3n) is 3.17. The SMILES string of the molecule is CCC(C)NC(=O)c1cccnc1OC1CCSC1. The maximum absolute atomic E-state index is 12.2. The quantitative estimate of drug-likeness (QED) is 0.900. The lowest BCUT2D eigenvalue weighted by molar-refractivity contribution is 0.0931. The van der Waals surface area contributed by atoms with Crippen molar-refractivity contribution in [2.24, 2.45) is 0 Å². The third-order valence-corrected chi connectivity index (χ3v) is 4.30. The Balaban J connectivity index is 2.08. The van der Waals surface area contributed by atoms with Crippen molar-refractivity contribution < 1.29 is 9.53 Å². The summed E-state index contributed by atoms with van der Waals surface area (Å²) in [6.45, 7) is 4.03. The minimum Gasteiger partial charge on any atom is -0.473 e. The minimum atomic E-state index is -0.108. The molecule has 1 aromatic rings. The monoisotopic (exact) mass is 280 g/mol. The zero-order chi connectivity index (χ0) is 13.7. The summed E-state index contributed by atoms with van der Waals surface area (Å²) in [7, 11) is 0. The second-order valence-corrected chi connectivity index (χ2v) is 5.89. The van der Waals surface area contributed by atoms with Crippen LogP contribution in [0.4, 0.5) is 0 Å². The molecular weight excluding hydrogens is 260 g/mol. The molecule has 0 saturated carbocycles. The summed E-state index contributed by atoms with van der Waals surface area (Å²) in [4.78, 5) is 16.4. The van der Waals surface area contributed by atoms with Crippen molar-refractivity contribution in [1.82, 2.24) is 10.3 Å². The Morgan fingerprint density at radius 2 is 2.53 bits per heavy atom. The number of nitrogens with one attached hydrogen (secondary N) is 1. The highest BCUT2D eigenvalue weighted by Gasteiger charge is 2.21. The first-order chi connectivity index (χ1) is 9.20. The normalized spacial score (nSPS) is 20.0. The van der Waals surface area contributed by atoms with E-state index in [9.17, 15) is 4.79 Å². The molecule has 0 aliphatic carbocycles. The zero-order valence-corrected chi connectivity index (χ0v) is 12.2. The number of pyridine rings is 1. The molecule has 2 atom stereocenters. The van der Waals surface area contributed by atoms with Crippen LogP contribution in [-0.4, -0.2) is 34.5 Å². The highest BCUT2D eigenvalue weighted by atomic mass is 32.2. The van der Waals surface area contributed by atoms with Gasteiger partial charge in [-0.1, -0.05) is 6.92 Å². The van der Waals surface area contributed by atoms with Gasteiger partial charge in [-0.05, 0) is 37.7 Å². The molecule has 0 radical (unpaired) electrons. The number of hydrogen-bond donors (Lipinski definition) is 1. The molecule has 1 aromatic heterocycles. The number of carbonyl (C=O) groups excluding carboxylic acids is 1. The molecule has 1 amide bonds. The van der Waals surface area contributed by atoms with Crippen LogP contribution >= 0.6 is 11.8 Å². The van der Waals surface area contributed by atoms with E-state index in [-0.39, 0.29) is 18.1 Å². The number of aromatic nitrogens is 1. The Kier molecular flexibility index (Phi) is 5.07. The highest BCUT2D eigenvalue weighted by molar-refractivity contribution is 7.99. The summed E-state index contributed by atoms with van der Waals surface area (Å²) in [6.07, 6.45) is 3.77. The summed E-state index contributed by atoms with van der Waals surface area (Å²) in [5.74, 6) is 2.44. The van der Waals surface area contributed by atoms with E-state index in [0.717, 1.165) is 24.3 Å². The van der Waals surface area contributed by atoms with Gasteiger partial charge in [0.25, 0.3) is 5.91 Å². The van der Waals surface area contributed by atoms with Crippen molar-refractivity contribution in [2.75, 3.05) is 11.5 Å². The number of ether oxygens (including phenoxy) is 1. The summed E-state index contributed by atoms with van der Waals surface area (Å²) < 4.78 is 5.85. The first-order valence-corrected chi connectivity index (χ1v) is 7.86. The molecule has 5 heteroatoms. The lowest BCUT2D eigenvalue weighted by atomic mass is 10.2. The molecule has 104 valence electrons. The highest BCUT2D eigenvalue weighted by Crippen LogP contribution is 2.24. The van der Waals surface area contributed by atoms with Crippen LogP contribution in [0, 0.1) is 0 Å². The molecule has 2 heterocycles.